The van der Waals surface area contributed by atoms with Crippen LogP contribution in [-0.4, -0.2) is 40.1 Å². The summed E-state index contributed by atoms with van der Waals surface area (Å²) in [5.74, 6) is -0.587. The molecule has 1 aliphatic rings. The minimum atomic E-state index is -0.765. The van der Waals surface area contributed by atoms with Gasteiger partial charge in [0.15, 0.2) is 0 Å². The smallest absolute Gasteiger partial charge is 0.321 e. The zero-order valence-electron chi connectivity index (χ0n) is 11.5. The maximum Gasteiger partial charge on any atom is 0.321 e. The molecule has 1 fully saturated rings. The molecule has 1 aliphatic heterocycles. The Kier molecular flexibility index (Phi) is 4.55. The average molecular weight is 277 g/mol. The first-order valence-corrected chi connectivity index (χ1v) is 6.75. The first-order valence-electron chi connectivity index (χ1n) is 6.75. The summed E-state index contributed by atoms with van der Waals surface area (Å²) in [6, 6.07) is 3.51. The lowest BCUT2D eigenvalue weighted by molar-refractivity contribution is -0.138. The number of pyridine rings is 1. The van der Waals surface area contributed by atoms with E-state index >= 15 is 0 Å². The molecule has 2 heterocycles. The van der Waals surface area contributed by atoms with Gasteiger partial charge in [0.1, 0.15) is 0 Å². The minimum Gasteiger partial charge on any atom is -0.481 e. The molecule has 0 aromatic carbocycles. The van der Waals surface area contributed by atoms with Gasteiger partial charge in [-0.25, -0.2) is 4.79 Å². The number of urea groups is 1. The fraction of sp³-hybridized carbons (Fsp3) is 0.500. The summed E-state index contributed by atoms with van der Waals surface area (Å²) in [4.78, 5) is 28.5. The van der Waals surface area contributed by atoms with Crippen LogP contribution in [0.4, 0.5) is 10.5 Å². The molecule has 0 unspecified atom stereocenters. The van der Waals surface area contributed by atoms with Crippen molar-refractivity contribution in [1.82, 2.24) is 9.88 Å². The van der Waals surface area contributed by atoms with Crippen LogP contribution in [0.3, 0.4) is 0 Å². The van der Waals surface area contributed by atoms with Gasteiger partial charge in [-0.3, -0.25) is 9.78 Å². The van der Waals surface area contributed by atoms with Crippen LogP contribution in [0.2, 0.25) is 0 Å². The number of rotatable bonds is 3. The van der Waals surface area contributed by atoms with E-state index in [9.17, 15) is 9.59 Å². The Hall–Kier alpha value is -2.11. The SMILES string of the molecule is Cc1ccc(NC(=O)N2CCC(CC(=O)O)CC2)cn1. The molecular formula is C14H19N3O3. The van der Waals surface area contributed by atoms with Crippen molar-refractivity contribution in [2.75, 3.05) is 18.4 Å². The molecule has 0 atom stereocenters. The summed E-state index contributed by atoms with van der Waals surface area (Å²) in [6.07, 6.45) is 3.31. The molecule has 0 spiro atoms. The number of amides is 2. The number of nitrogens with one attached hydrogen (secondary N) is 1. The van der Waals surface area contributed by atoms with E-state index in [0.717, 1.165) is 18.5 Å². The average Bonchev–Trinajstić information content (AvgIpc) is 2.41. The summed E-state index contributed by atoms with van der Waals surface area (Å²) >= 11 is 0. The van der Waals surface area contributed by atoms with Gasteiger partial charge in [0.25, 0.3) is 0 Å². The molecule has 2 amide bonds. The Labute approximate surface area is 117 Å². The molecule has 0 aliphatic carbocycles. The maximum atomic E-state index is 12.1. The van der Waals surface area contributed by atoms with E-state index in [0.29, 0.717) is 18.8 Å². The number of carbonyl (C=O) groups is 2. The Morgan fingerprint density at radius 2 is 2.10 bits per heavy atom. The number of piperidine rings is 1. The van der Waals surface area contributed by atoms with Crippen LogP contribution in [-0.2, 0) is 4.79 Å². The third-order valence-corrected chi connectivity index (χ3v) is 3.53. The molecule has 20 heavy (non-hydrogen) atoms. The molecule has 1 aromatic rings. The zero-order chi connectivity index (χ0) is 14.5. The fourth-order valence-corrected chi connectivity index (χ4v) is 2.33. The number of nitrogens with zero attached hydrogens (tertiary/aromatic N) is 2. The van der Waals surface area contributed by atoms with E-state index in [4.69, 9.17) is 5.11 Å². The highest BCUT2D eigenvalue weighted by atomic mass is 16.4. The van der Waals surface area contributed by atoms with Crippen molar-refractivity contribution in [2.45, 2.75) is 26.2 Å². The highest BCUT2D eigenvalue weighted by Crippen LogP contribution is 2.21. The molecule has 2 rings (SSSR count). The Morgan fingerprint density at radius 1 is 1.40 bits per heavy atom. The van der Waals surface area contributed by atoms with Crippen LogP contribution in [0.25, 0.3) is 0 Å². The number of hydrogen-bond donors (Lipinski definition) is 2. The standard InChI is InChI=1S/C14H19N3O3/c1-10-2-3-12(9-15-10)16-14(20)17-6-4-11(5-7-17)8-13(18)19/h2-3,9,11H,4-8H2,1H3,(H,16,20)(H,18,19). The van der Waals surface area contributed by atoms with E-state index in [-0.39, 0.29) is 18.4 Å². The topological polar surface area (TPSA) is 82.5 Å². The van der Waals surface area contributed by atoms with Crippen LogP contribution in [0, 0.1) is 12.8 Å². The quantitative estimate of drug-likeness (QED) is 0.886. The van der Waals surface area contributed by atoms with E-state index in [2.05, 4.69) is 10.3 Å². The minimum absolute atomic E-state index is 0.149. The van der Waals surface area contributed by atoms with E-state index in [1.807, 2.05) is 19.1 Å². The van der Waals surface area contributed by atoms with E-state index < -0.39 is 5.97 Å². The largest absolute Gasteiger partial charge is 0.481 e. The number of hydrogen-bond acceptors (Lipinski definition) is 3. The number of aromatic nitrogens is 1. The lowest BCUT2D eigenvalue weighted by Crippen LogP contribution is -2.41. The van der Waals surface area contributed by atoms with Crippen LogP contribution in [0.15, 0.2) is 18.3 Å². The van der Waals surface area contributed by atoms with Gasteiger partial charge in [0.05, 0.1) is 11.9 Å². The number of carboxylic acid groups (broad SMARTS) is 1. The van der Waals surface area contributed by atoms with Gasteiger partial charge in [0, 0.05) is 25.2 Å². The highest BCUT2D eigenvalue weighted by Gasteiger charge is 2.24. The third kappa shape index (κ3) is 3.94. The molecule has 6 heteroatoms. The van der Waals surface area contributed by atoms with Crippen molar-refractivity contribution < 1.29 is 14.7 Å². The summed E-state index contributed by atoms with van der Waals surface area (Å²) in [7, 11) is 0. The number of aliphatic carboxylic acids is 1. The van der Waals surface area contributed by atoms with Crippen molar-refractivity contribution in [3.63, 3.8) is 0 Å². The summed E-state index contributed by atoms with van der Waals surface area (Å²) in [6.45, 7) is 3.09. The normalized spacial score (nSPS) is 15.9. The van der Waals surface area contributed by atoms with Gasteiger partial charge in [-0.15, -0.1) is 0 Å². The number of carboxylic acids is 1. The monoisotopic (exact) mass is 277 g/mol. The van der Waals surface area contributed by atoms with Crippen LogP contribution in [0.5, 0.6) is 0 Å². The molecule has 1 aromatic heterocycles. The molecule has 0 saturated carbocycles. The van der Waals surface area contributed by atoms with Crippen LogP contribution >= 0.6 is 0 Å². The van der Waals surface area contributed by atoms with Crippen LogP contribution in [0.1, 0.15) is 25.0 Å². The summed E-state index contributed by atoms with van der Waals surface area (Å²) in [5.41, 5.74) is 1.57. The molecule has 108 valence electrons. The Balaban J connectivity index is 1.82. The number of aryl methyl sites for hydroxylation is 1. The van der Waals surface area contributed by atoms with E-state index in [1.54, 1.807) is 11.1 Å². The number of carbonyl (C=O) groups excluding carboxylic acids is 1. The van der Waals surface area contributed by atoms with Crippen molar-refractivity contribution in [1.29, 1.82) is 0 Å². The predicted octanol–water partition coefficient (Wildman–Crippen LogP) is 2.11. The maximum absolute atomic E-state index is 12.1. The third-order valence-electron chi connectivity index (χ3n) is 3.53. The van der Waals surface area contributed by atoms with Crippen molar-refractivity contribution in [3.05, 3.63) is 24.0 Å². The summed E-state index contributed by atoms with van der Waals surface area (Å²) in [5, 5.41) is 11.6. The van der Waals surface area contributed by atoms with Gasteiger partial charge in [-0.05, 0) is 37.8 Å². The highest BCUT2D eigenvalue weighted by molar-refractivity contribution is 5.89. The lowest BCUT2D eigenvalue weighted by Gasteiger charge is -2.31. The molecule has 6 nitrogen and oxygen atoms in total. The second-order valence-corrected chi connectivity index (χ2v) is 5.15. The molecular weight excluding hydrogens is 258 g/mol. The Morgan fingerprint density at radius 3 is 2.65 bits per heavy atom. The van der Waals surface area contributed by atoms with Gasteiger partial charge in [0.2, 0.25) is 0 Å². The summed E-state index contributed by atoms with van der Waals surface area (Å²) < 4.78 is 0. The van der Waals surface area contributed by atoms with Gasteiger partial charge in [-0.1, -0.05) is 0 Å². The van der Waals surface area contributed by atoms with E-state index in [1.165, 1.54) is 0 Å². The molecule has 1 saturated heterocycles. The zero-order valence-corrected chi connectivity index (χ0v) is 11.5. The predicted molar refractivity (Wildman–Crippen MR) is 74.5 cm³/mol. The van der Waals surface area contributed by atoms with Gasteiger partial charge >= 0.3 is 12.0 Å². The van der Waals surface area contributed by atoms with Gasteiger partial charge in [-0.2, -0.15) is 0 Å². The first kappa shape index (κ1) is 14.3. The van der Waals surface area contributed by atoms with Gasteiger partial charge < -0.3 is 15.3 Å². The lowest BCUT2D eigenvalue weighted by atomic mass is 9.94. The number of likely N-dealkylation sites (tertiary alicyclic amines) is 1. The second-order valence-electron chi connectivity index (χ2n) is 5.15. The molecule has 0 radical (unpaired) electrons. The van der Waals surface area contributed by atoms with Crippen LogP contribution < -0.4 is 5.32 Å². The fourth-order valence-electron chi connectivity index (χ4n) is 2.33. The molecule has 0 bridgehead atoms. The first-order chi connectivity index (χ1) is 9.54. The van der Waals surface area contributed by atoms with Crippen molar-refractivity contribution in [3.8, 4) is 0 Å². The Bertz CT molecular complexity index is 479. The van der Waals surface area contributed by atoms with Crippen molar-refractivity contribution in [2.24, 2.45) is 5.92 Å². The second kappa shape index (κ2) is 6.36. The number of anilines is 1. The van der Waals surface area contributed by atoms with Crippen molar-refractivity contribution >= 4 is 17.7 Å². The molecule has 2 N–H and O–H groups in total.